The predicted molar refractivity (Wildman–Crippen MR) is 68.9 cm³/mol. The number of nitrogens with two attached hydrogens (primary N) is 1. The number of benzene rings is 1. The molecule has 0 aliphatic rings. The lowest BCUT2D eigenvalue weighted by Crippen LogP contribution is -2.23. The van der Waals surface area contributed by atoms with E-state index in [4.69, 9.17) is 21.9 Å². The lowest BCUT2D eigenvalue weighted by atomic mass is 10.3. The van der Waals surface area contributed by atoms with Crippen LogP contribution in [0.4, 0.5) is 5.69 Å². The van der Waals surface area contributed by atoms with Gasteiger partial charge in [-0.2, -0.15) is 4.98 Å². The first-order chi connectivity index (χ1) is 8.88. The molecule has 0 atom stereocenters. The highest BCUT2D eigenvalue weighted by Crippen LogP contribution is 2.22. The van der Waals surface area contributed by atoms with Crippen molar-refractivity contribution in [3.05, 3.63) is 34.9 Å². The summed E-state index contributed by atoms with van der Waals surface area (Å²) in [6.07, 6.45) is 0. The molecule has 9 heteroatoms. The third-order valence-electron chi connectivity index (χ3n) is 2.27. The van der Waals surface area contributed by atoms with Gasteiger partial charge in [0.25, 0.3) is 0 Å². The monoisotopic (exact) mass is 302 g/mol. The summed E-state index contributed by atoms with van der Waals surface area (Å²) in [5.74, 6) is 0.618. The van der Waals surface area contributed by atoms with E-state index in [-0.39, 0.29) is 22.4 Å². The van der Waals surface area contributed by atoms with Crippen LogP contribution in [-0.2, 0) is 16.6 Å². The Bertz CT molecular complexity index is 699. The molecule has 0 bridgehead atoms. The Hall–Kier alpha value is -1.64. The van der Waals surface area contributed by atoms with Crippen LogP contribution in [0.3, 0.4) is 0 Å². The summed E-state index contributed by atoms with van der Waals surface area (Å²) < 4.78 is 31.1. The van der Waals surface area contributed by atoms with Crippen LogP contribution in [0.1, 0.15) is 11.7 Å². The Morgan fingerprint density at radius 3 is 2.79 bits per heavy atom. The van der Waals surface area contributed by atoms with Gasteiger partial charge in [-0.3, -0.25) is 0 Å². The maximum atomic E-state index is 12.0. The summed E-state index contributed by atoms with van der Waals surface area (Å²) in [4.78, 5) is 3.90. The maximum Gasteiger partial charge on any atom is 0.241 e. The van der Waals surface area contributed by atoms with E-state index in [1.54, 1.807) is 6.92 Å². The van der Waals surface area contributed by atoms with E-state index in [1.165, 1.54) is 18.2 Å². The third kappa shape index (κ3) is 3.22. The molecule has 0 unspecified atom stereocenters. The lowest BCUT2D eigenvalue weighted by molar-refractivity contribution is 0.372. The normalized spacial score (nSPS) is 11.7. The third-order valence-corrected chi connectivity index (χ3v) is 3.99. The molecule has 0 saturated heterocycles. The minimum Gasteiger partial charge on any atom is -0.398 e. The van der Waals surface area contributed by atoms with E-state index in [2.05, 4.69) is 14.9 Å². The average Bonchev–Trinajstić information content (AvgIpc) is 2.76. The summed E-state index contributed by atoms with van der Waals surface area (Å²) in [6.45, 7) is 1.55. The van der Waals surface area contributed by atoms with Gasteiger partial charge >= 0.3 is 0 Å². The van der Waals surface area contributed by atoms with E-state index in [1.807, 2.05) is 0 Å². The van der Waals surface area contributed by atoms with Crippen molar-refractivity contribution in [2.24, 2.45) is 0 Å². The molecule has 1 aromatic carbocycles. The van der Waals surface area contributed by atoms with Crippen molar-refractivity contribution in [1.82, 2.24) is 14.9 Å². The smallest absolute Gasteiger partial charge is 0.241 e. The standard InChI is InChI=1S/C10H11ClN4O3S/c1-6-14-10(18-15-6)5-13-19(16,17)7-2-3-9(12)8(11)4-7/h2-4,13H,5,12H2,1H3. The van der Waals surface area contributed by atoms with E-state index in [0.29, 0.717) is 11.5 Å². The van der Waals surface area contributed by atoms with Gasteiger partial charge in [0.15, 0.2) is 5.82 Å². The van der Waals surface area contributed by atoms with Crippen LogP contribution in [0.2, 0.25) is 5.02 Å². The highest BCUT2D eigenvalue weighted by Gasteiger charge is 2.16. The molecule has 1 aromatic heterocycles. The van der Waals surface area contributed by atoms with Crippen LogP contribution in [0.5, 0.6) is 0 Å². The number of rotatable bonds is 4. The largest absolute Gasteiger partial charge is 0.398 e. The molecule has 19 heavy (non-hydrogen) atoms. The molecular formula is C10H11ClN4O3S. The number of nitrogens with one attached hydrogen (secondary N) is 1. The number of halogens is 1. The Morgan fingerprint density at radius 2 is 2.21 bits per heavy atom. The zero-order valence-electron chi connectivity index (χ0n) is 9.92. The minimum atomic E-state index is -3.71. The van der Waals surface area contributed by atoms with Gasteiger partial charge in [-0.15, -0.1) is 0 Å². The molecule has 0 aliphatic carbocycles. The van der Waals surface area contributed by atoms with Crippen molar-refractivity contribution in [1.29, 1.82) is 0 Å². The average molecular weight is 303 g/mol. The van der Waals surface area contributed by atoms with E-state index >= 15 is 0 Å². The first kappa shape index (κ1) is 13.8. The van der Waals surface area contributed by atoms with Crippen LogP contribution in [0, 0.1) is 6.92 Å². The van der Waals surface area contributed by atoms with E-state index in [0.717, 1.165) is 0 Å². The Kier molecular flexibility index (Phi) is 3.74. The second-order valence-electron chi connectivity index (χ2n) is 3.74. The van der Waals surface area contributed by atoms with Gasteiger partial charge in [-0.25, -0.2) is 13.1 Å². The van der Waals surface area contributed by atoms with Crippen LogP contribution >= 0.6 is 11.6 Å². The van der Waals surface area contributed by atoms with E-state index < -0.39 is 10.0 Å². The Balaban J connectivity index is 2.16. The second-order valence-corrected chi connectivity index (χ2v) is 5.92. The molecule has 7 nitrogen and oxygen atoms in total. The fourth-order valence-electron chi connectivity index (χ4n) is 1.33. The van der Waals surface area contributed by atoms with Crippen LogP contribution in [0.25, 0.3) is 0 Å². The number of anilines is 1. The highest BCUT2D eigenvalue weighted by molar-refractivity contribution is 7.89. The number of aryl methyl sites for hydroxylation is 1. The molecule has 2 rings (SSSR count). The molecule has 0 amide bonds. The van der Waals surface area contributed by atoms with Gasteiger partial charge in [0.2, 0.25) is 15.9 Å². The van der Waals surface area contributed by atoms with Gasteiger partial charge in [0.1, 0.15) is 0 Å². The number of hydrogen-bond donors (Lipinski definition) is 2. The summed E-state index contributed by atoms with van der Waals surface area (Å²) in [5.41, 5.74) is 5.83. The Morgan fingerprint density at radius 1 is 1.47 bits per heavy atom. The topological polar surface area (TPSA) is 111 Å². The lowest BCUT2D eigenvalue weighted by Gasteiger charge is -2.06. The van der Waals surface area contributed by atoms with Crippen LogP contribution < -0.4 is 10.5 Å². The molecule has 0 spiro atoms. The van der Waals surface area contributed by atoms with Crippen molar-refractivity contribution in [2.75, 3.05) is 5.73 Å². The summed E-state index contributed by atoms with van der Waals surface area (Å²) in [7, 11) is -3.71. The summed E-state index contributed by atoms with van der Waals surface area (Å²) in [5, 5.41) is 3.73. The quantitative estimate of drug-likeness (QED) is 0.818. The molecule has 0 radical (unpaired) electrons. The van der Waals surface area contributed by atoms with Crippen molar-refractivity contribution < 1.29 is 12.9 Å². The Labute approximate surface area is 114 Å². The highest BCUT2D eigenvalue weighted by atomic mass is 35.5. The number of aromatic nitrogens is 2. The second kappa shape index (κ2) is 5.16. The number of nitrogen functional groups attached to an aromatic ring is 1. The van der Waals surface area contributed by atoms with Gasteiger partial charge in [0.05, 0.1) is 22.2 Å². The van der Waals surface area contributed by atoms with Gasteiger partial charge in [-0.1, -0.05) is 16.8 Å². The molecular weight excluding hydrogens is 292 g/mol. The van der Waals surface area contributed by atoms with Crippen molar-refractivity contribution in [2.45, 2.75) is 18.4 Å². The molecule has 0 fully saturated rings. The van der Waals surface area contributed by atoms with Gasteiger partial charge in [-0.05, 0) is 25.1 Å². The molecule has 2 aromatic rings. The molecule has 3 N–H and O–H groups in total. The first-order valence-electron chi connectivity index (χ1n) is 5.22. The molecule has 102 valence electrons. The van der Waals surface area contributed by atoms with Crippen molar-refractivity contribution >= 4 is 27.3 Å². The maximum absolute atomic E-state index is 12.0. The predicted octanol–water partition coefficient (Wildman–Crippen LogP) is 1.09. The molecule has 1 heterocycles. The SMILES string of the molecule is Cc1noc(CNS(=O)(=O)c2ccc(N)c(Cl)c2)n1. The molecule has 0 saturated carbocycles. The van der Waals surface area contributed by atoms with Gasteiger partial charge in [0, 0.05) is 0 Å². The van der Waals surface area contributed by atoms with Crippen LogP contribution in [0.15, 0.2) is 27.6 Å². The van der Waals surface area contributed by atoms with E-state index in [9.17, 15) is 8.42 Å². The van der Waals surface area contributed by atoms with Crippen LogP contribution in [-0.4, -0.2) is 18.6 Å². The van der Waals surface area contributed by atoms with Crippen molar-refractivity contribution in [3.8, 4) is 0 Å². The zero-order chi connectivity index (χ0) is 14.0. The molecule has 0 aliphatic heterocycles. The van der Waals surface area contributed by atoms with Gasteiger partial charge < -0.3 is 10.3 Å². The number of nitrogens with zero attached hydrogens (tertiary/aromatic N) is 2. The first-order valence-corrected chi connectivity index (χ1v) is 7.08. The minimum absolute atomic E-state index is 0.0166. The fourth-order valence-corrected chi connectivity index (χ4v) is 2.57. The summed E-state index contributed by atoms with van der Waals surface area (Å²) in [6, 6.07) is 4.06. The summed E-state index contributed by atoms with van der Waals surface area (Å²) >= 11 is 5.78. The van der Waals surface area contributed by atoms with Crippen molar-refractivity contribution in [3.63, 3.8) is 0 Å². The number of hydrogen-bond acceptors (Lipinski definition) is 6. The number of sulfonamides is 1. The zero-order valence-corrected chi connectivity index (χ0v) is 11.5. The fraction of sp³-hybridized carbons (Fsp3) is 0.200.